The molecular weight excluding hydrogens is 236 g/mol. The third kappa shape index (κ3) is 2.22. The first-order valence-corrected chi connectivity index (χ1v) is 5.85. The molecule has 0 fully saturated rings. The molecule has 2 heterocycles. The Kier molecular flexibility index (Phi) is 2.79. The van der Waals surface area contributed by atoms with Crippen molar-refractivity contribution in [3.63, 3.8) is 0 Å². The molecule has 4 nitrogen and oxygen atoms in total. The largest absolute Gasteiger partial charge is 0.340 e. The number of nitrogens with zero attached hydrogens (tertiary/aromatic N) is 3. The van der Waals surface area contributed by atoms with Crippen molar-refractivity contribution in [3.05, 3.63) is 60.4 Å². The van der Waals surface area contributed by atoms with Crippen molar-refractivity contribution in [2.45, 2.75) is 0 Å². The van der Waals surface area contributed by atoms with Gasteiger partial charge in [-0.3, -0.25) is 4.98 Å². The number of anilines is 2. The lowest BCUT2D eigenvalue weighted by molar-refractivity contribution is 1.26. The molecule has 0 atom stereocenters. The standard InChI is InChI=1S/C15H10N4/c16-10-11-4-1-8-15(18-11)19-14-7-2-6-13-12(14)5-3-9-17-13/h1-9H,(H,18,19). The molecular formula is C15H10N4. The van der Waals surface area contributed by atoms with Gasteiger partial charge in [0, 0.05) is 17.3 Å². The Balaban J connectivity index is 2.04. The molecule has 0 saturated heterocycles. The van der Waals surface area contributed by atoms with Gasteiger partial charge in [-0.05, 0) is 36.4 Å². The lowest BCUT2D eigenvalue weighted by Gasteiger charge is -2.08. The average Bonchev–Trinajstić information content (AvgIpc) is 2.48. The summed E-state index contributed by atoms with van der Waals surface area (Å²) in [6.45, 7) is 0. The molecule has 1 aromatic carbocycles. The molecule has 0 unspecified atom stereocenters. The van der Waals surface area contributed by atoms with Gasteiger partial charge in [0.25, 0.3) is 0 Å². The van der Waals surface area contributed by atoms with E-state index in [9.17, 15) is 0 Å². The monoisotopic (exact) mass is 246 g/mol. The number of hydrogen-bond donors (Lipinski definition) is 1. The third-order valence-corrected chi connectivity index (χ3v) is 2.77. The van der Waals surface area contributed by atoms with Crippen molar-refractivity contribution in [3.8, 4) is 6.07 Å². The lowest BCUT2D eigenvalue weighted by Crippen LogP contribution is -1.95. The zero-order valence-corrected chi connectivity index (χ0v) is 10.0. The van der Waals surface area contributed by atoms with Crippen LogP contribution in [-0.4, -0.2) is 9.97 Å². The molecule has 0 bridgehead atoms. The molecule has 0 spiro atoms. The summed E-state index contributed by atoms with van der Waals surface area (Å²) in [5.74, 6) is 0.649. The van der Waals surface area contributed by atoms with Crippen LogP contribution in [0.1, 0.15) is 5.69 Å². The molecule has 4 heteroatoms. The van der Waals surface area contributed by atoms with Gasteiger partial charge in [-0.25, -0.2) is 4.98 Å². The zero-order chi connectivity index (χ0) is 13.1. The quantitative estimate of drug-likeness (QED) is 0.754. The summed E-state index contributed by atoms with van der Waals surface area (Å²) >= 11 is 0. The summed E-state index contributed by atoms with van der Waals surface area (Å²) in [6.07, 6.45) is 1.76. The summed E-state index contributed by atoms with van der Waals surface area (Å²) in [6, 6.07) is 17.1. The highest BCUT2D eigenvalue weighted by Crippen LogP contribution is 2.24. The van der Waals surface area contributed by atoms with Crippen LogP contribution >= 0.6 is 0 Å². The molecule has 2 aromatic heterocycles. The van der Waals surface area contributed by atoms with Crippen molar-refractivity contribution in [2.75, 3.05) is 5.32 Å². The number of pyridine rings is 2. The first-order chi connectivity index (χ1) is 9.36. The molecule has 19 heavy (non-hydrogen) atoms. The average molecular weight is 246 g/mol. The van der Waals surface area contributed by atoms with Crippen molar-refractivity contribution in [2.24, 2.45) is 0 Å². The molecule has 0 aliphatic carbocycles. The fourth-order valence-electron chi connectivity index (χ4n) is 1.92. The first kappa shape index (κ1) is 11.2. The van der Waals surface area contributed by atoms with Crippen molar-refractivity contribution in [1.29, 1.82) is 5.26 Å². The van der Waals surface area contributed by atoms with Gasteiger partial charge in [-0.15, -0.1) is 0 Å². The van der Waals surface area contributed by atoms with Gasteiger partial charge in [0.05, 0.1) is 5.52 Å². The topological polar surface area (TPSA) is 61.6 Å². The van der Waals surface area contributed by atoms with Gasteiger partial charge in [0.2, 0.25) is 0 Å². The Morgan fingerprint density at radius 2 is 1.89 bits per heavy atom. The van der Waals surface area contributed by atoms with Crippen LogP contribution in [-0.2, 0) is 0 Å². The molecule has 0 saturated carbocycles. The first-order valence-electron chi connectivity index (χ1n) is 5.85. The number of rotatable bonds is 2. The molecule has 0 aliphatic rings. The SMILES string of the molecule is N#Cc1cccc(Nc2cccc3ncccc23)n1. The van der Waals surface area contributed by atoms with Crippen LogP contribution in [0.2, 0.25) is 0 Å². The van der Waals surface area contributed by atoms with Crippen molar-refractivity contribution in [1.82, 2.24) is 9.97 Å². The maximum atomic E-state index is 8.85. The van der Waals surface area contributed by atoms with Gasteiger partial charge in [-0.1, -0.05) is 12.1 Å². The van der Waals surface area contributed by atoms with E-state index in [0.717, 1.165) is 16.6 Å². The summed E-state index contributed by atoms with van der Waals surface area (Å²) in [5.41, 5.74) is 2.24. The predicted molar refractivity (Wildman–Crippen MR) is 74.0 cm³/mol. The summed E-state index contributed by atoms with van der Waals surface area (Å²) in [7, 11) is 0. The van der Waals surface area contributed by atoms with Gasteiger partial charge in [0.1, 0.15) is 17.6 Å². The molecule has 0 radical (unpaired) electrons. The van der Waals surface area contributed by atoms with Crippen LogP contribution in [0.3, 0.4) is 0 Å². The number of aromatic nitrogens is 2. The number of nitriles is 1. The van der Waals surface area contributed by atoms with Crippen molar-refractivity contribution >= 4 is 22.4 Å². The minimum Gasteiger partial charge on any atom is -0.340 e. The van der Waals surface area contributed by atoms with E-state index in [-0.39, 0.29) is 0 Å². The van der Waals surface area contributed by atoms with Crippen LogP contribution in [0.4, 0.5) is 11.5 Å². The minimum absolute atomic E-state index is 0.392. The summed E-state index contributed by atoms with van der Waals surface area (Å²) in [4.78, 5) is 8.51. The van der Waals surface area contributed by atoms with Crippen LogP contribution in [0.5, 0.6) is 0 Å². The molecule has 3 rings (SSSR count). The smallest absolute Gasteiger partial charge is 0.142 e. The van der Waals surface area contributed by atoms with E-state index in [0.29, 0.717) is 11.5 Å². The molecule has 1 N–H and O–H groups in total. The normalized spacial score (nSPS) is 10.1. The number of fused-ring (bicyclic) bond motifs is 1. The highest BCUT2D eigenvalue weighted by molar-refractivity contribution is 5.92. The number of nitrogens with one attached hydrogen (secondary N) is 1. The van der Waals surface area contributed by atoms with E-state index in [2.05, 4.69) is 15.3 Å². The van der Waals surface area contributed by atoms with Crippen LogP contribution in [0.25, 0.3) is 10.9 Å². The van der Waals surface area contributed by atoms with Gasteiger partial charge in [0.15, 0.2) is 0 Å². The fourth-order valence-corrected chi connectivity index (χ4v) is 1.92. The van der Waals surface area contributed by atoms with E-state index < -0.39 is 0 Å². The van der Waals surface area contributed by atoms with Crippen LogP contribution in [0.15, 0.2) is 54.7 Å². The fraction of sp³-hybridized carbons (Fsp3) is 0. The highest BCUT2D eigenvalue weighted by atomic mass is 15.0. The van der Waals surface area contributed by atoms with Gasteiger partial charge < -0.3 is 5.32 Å². The Morgan fingerprint density at radius 3 is 2.79 bits per heavy atom. The second kappa shape index (κ2) is 4.75. The van der Waals surface area contributed by atoms with E-state index in [1.807, 2.05) is 42.5 Å². The third-order valence-electron chi connectivity index (χ3n) is 2.77. The van der Waals surface area contributed by atoms with E-state index in [1.54, 1.807) is 18.3 Å². The highest BCUT2D eigenvalue weighted by Gasteiger charge is 2.02. The van der Waals surface area contributed by atoms with E-state index >= 15 is 0 Å². The van der Waals surface area contributed by atoms with Gasteiger partial charge in [-0.2, -0.15) is 5.26 Å². The number of benzene rings is 1. The lowest BCUT2D eigenvalue weighted by atomic mass is 10.2. The minimum atomic E-state index is 0.392. The second-order valence-electron chi connectivity index (χ2n) is 4.02. The van der Waals surface area contributed by atoms with Crippen LogP contribution in [0, 0.1) is 11.3 Å². The maximum Gasteiger partial charge on any atom is 0.142 e. The number of hydrogen-bond acceptors (Lipinski definition) is 4. The molecule has 0 amide bonds. The second-order valence-corrected chi connectivity index (χ2v) is 4.02. The molecule has 90 valence electrons. The Labute approximate surface area is 110 Å². The summed E-state index contributed by atoms with van der Waals surface area (Å²) in [5, 5.41) is 13.1. The molecule has 0 aliphatic heterocycles. The molecule has 3 aromatic rings. The van der Waals surface area contributed by atoms with Gasteiger partial charge >= 0.3 is 0 Å². The van der Waals surface area contributed by atoms with E-state index in [4.69, 9.17) is 5.26 Å². The Hall–Kier alpha value is -2.93. The van der Waals surface area contributed by atoms with Crippen LogP contribution < -0.4 is 5.32 Å². The zero-order valence-electron chi connectivity index (χ0n) is 10.0. The Bertz CT molecular complexity index is 769. The summed E-state index contributed by atoms with van der Waals surface area (Å²) < 4.78 is 0. The van der Waals surface area contributed by atoms with E-state index in [1.165, 1.54) is 0 Å². The van der Waals surface area contributed by atoms with Crippen molar-refractivity contribution < 1.29 is 0 Å². The predicted octanol–water partition coefficient (Wildman–Crippen LogP) is 3.25. The maximum absolute atomic E-state index is 8.85. The Morgan fingerprint density at radius 1 is 1.00 bits per heavy atom.